The van der Waals surface area contributed by atoms with Crippen LogP contribution < -0.4 is 10.1 Å². The molecule has 2 unspecified atom stereocenters. The second kappa shape index (κ2) is 7.39. The molecule has 0 radical (unpaired) electrons. The molecule has 5 nitrogen and oxygen atoms in total. The van der Waals surface area contributed by atoms with E-state index >= 15 is 0 Å². The van der Waals surface area contributed by atoms with Gasteiger partial charge in [0.15, 0.2) is 0 Å². The largest absolute Gasteiger partial charge is 0.435 e. The Hall–Kier alpha value is -2.18. The van der Waals surface area contributed by atoms with E-state index in [0.717, 1.165) is 12.0 Å². The molecule has 2 rings (SSSR count). The minimum absolute atomic E-state index is 0.0702. The van der Waals surface area contributed by atoms with Crippen molar-refractivity contribution >= 4 is 11.8 Å². The van der Waals surface area contributed by atoms with Crippen LogP contribution in [0, 0.1) is 0 Å². The van der Waals surface area contributed by atoms with Gasteiger partial charge in [-0.25, -0.2) is 0 Å². The van der Waals surface area contributed by atoms with Crippen LogP contribution in [0.4, 0.5) is 8.78 Å². The molecule has 0 aromatic heterocycles. The molecule has 0 bridgehead atoms. The third-order valence-electron chi connectivity index (χ3n) is 3.92. The van der Waals surface area contributed by atoms with Gasteiger partial charge in [0.2, 0.25) is 11.8 Å². The van der Waals surface area contributed by atoms with Crippen LogP contribution >= 0.6 is 0 Å². The van der Waals surface area contributed by atoms with Crippen molar-refractivity contribution in [3.05, 3.63) is 29.8 Å². The van der Waals surface area contributed by atoms with Crippen LogP contribution in [0.25, 0.3) is 0 Å². The maximum atomic E-state index is 12.3. The number of hydrogen-bond donors (Lipinski definition) is 1. The van der Waals surface area contributed by atoms with Gasteiger partial charge in [0, 0.05) is 13.5 Å². The van der Waals surface area contributed by atoms with Crippen LogP contribution in [0.2, 0.25) is 0 Å². The van der Waals surface area contributed by atoms with E-state index < -0.39 is 12.7 Å². The number of hydrogen-bond acceptors (Lipinski definition) is 3. The van der Waals surface area contributed by atoms with E-state index in [1.165, 1.54) is 19.1 Å². The fourth-order valence-electron chi connectivity index (χ4n) is 2.75. The van der Waals surface area contributed by atoms with Gasteiger partial charge in [-0.3, -0.25) is 9.59 Å². The van der Waals surface area contributed by atoms with Crippen molar-refractivity contribution in [2.45, 2.75) is 45.4 Å². The Balaban J connectivity index is 1.96. The first-order valence-corrected chi connectivity index (χ1v) is 7.51. The molecule has 1 N–H and O–H groups in total. The standard InChI is InChI=1S/C16H20F2N2O3/c1-10(12-5-7-13(8-6-12)23-16(17)18)19-15(22)14-4-3-9-20(14)11(2)21/h5-8,10,14,16H,3-4,9H2,1-2H3,(H,19,22). The highest BCUT2D eigenvalue weighted by Gasteiger charge is 2.32. The average molecular weight is 326 g/mol. The fraction of sp³-hybridized carbons (Fsp3) is 0.500. The van der Waals surface area contributed by atoms with E-state index in [4.69, 9.17) is 0 Å². The third-order valence-corrected chi connectivity index (χ3v) is 3.92. The molecule has 0 aliphatic carbocycles. The molecule has 2 amide bonds. The molecule has 1 saturated heterocycles. The van der Waals surface area contributed by atoms with Crippen molar-refractivity contribution in [1.82, 2.24) is 10.2 Å². The highest BCUT2D eigenvalue weighted by atomic mass is 19.3. The number of nitrogens with one attached hydrogen (secondary N) is 1. The van der Waals surface area contributed by atoms with Crippen molar-refractivity contribution in [2.75, 3.05) is 6.54 Å². The van der Waals surface area contributed by atoms with Gasteiger partial charge in [0.1, 0.15) is 11.8 Å². The summed E-state index contributed by atoms with van der Waals surface area (Å²) in [7, 11) is 0. The SMILES string of the molecule is CC(=O)N1CCCC1C(=O)NC(C)c1ccc(OC(F)F)cc1. The molecular formula is C16H20F2N2O3. The monoisotopic (exact) mass is 326 g/mol. The van der Waals surface area contributed by atoms with Crippen LogP contribution in [-0.4, -0.2) is 35.9 Å². The number of alkyl halides is 2. The number of likely N-dealkylation sites (tertiary alicyclic amines) is 1. The zero-order valence-corrected chi connectivity index (χ0v) is 13.1. The molecule has 0 saturated carbocycles. The predicted molar refractivity (Wildman–Crippen MR) is 80.0 cm³/mol. The van der Waals surface area contributed by atoms with E-state index in [1.54, 1.807) is 24.0 Å². The molecule has 1 aliphatic rings. The summed E-state index contributed by atoms with van der Waals surface area (Å²) < 4.78 is 28.5. The number of carbonyl (C=O) groups is 2. The number of amides is 2. The average Bonchev–Trinajstić information content (AvgIpc) is 2.97. The van der Waals surface area contributed by atoms with Crippen LogP contribution in [-0.2, 0) is 9.59 Å². The Labute approximate surface area is 133 Å². The second-order valence-electron chi connectivity index (χ2n) is 5.55. The summed E-state index contributed by atoms with van der Waals surface area (Å²) in [6.45, 7) is 0.990. The van der Waals surface area contributed by atoms with Gasteiger partial charge in [0.25, 0.3) is 0 Å². The number of ether oxygens (including phenoxy) is 1. The maximum Gasteiger partial charge on any atom is 0.387 e. The lowest BCUT2D eigenvalue weighted by atomic mass is 10.1. The normalized spacial score (nSPS) is 18.8. The summed E-state index contributed by atoms with van der Waals surface area (Å²) in [6, 6.07) is 5.39. The molecule has 7 heteroatoms. The Morgan fingerprint density at radius 1 is 1.30 bits per heavy atom. The maximum absolute atomic E-state index is 12.3. The molecule has 126 valence electrons. The van der Waals surface area contributed by atoms with Crippen molar-refractivity contribution in [1.29, 1.82) is 0 Å². The van der Waals surface area contributed by atoms with Crippen LogP contribution in [0.15, 0.2) is 24.3 Å². The van der Waals surface area contributed by atoms with E-state index in [9.17, 15) is 18.4 Å². The Morgan fingerprint density at radius 3 is 2.52 bits per heavy atom. The molecule has 2 atom stereocenters. The lowest BCUT2D eigenvalue weighted by Gasteiger charge is -2.24. The predicted octanol–water partition coefficient (Wildman–Crippen LogP) is 2.48. The number of rotatable bonds is 5. The van der Waals surface area contributed by atoms with E-state index in [2.05, 4.69) is 10.1 Å². The minimum atomic E-state index is -2.86. The highest BCUT2D eigenvalue weighted by Crippen LogP contribution is 2.21. The fourth-order valence-corrected chi connectivity index (χ4v) is 2.75. The number of halogens is 2. The van der Waals surface area contributed by atoms with Crippen LogP contribution in [0.1, 0.15) is 38.3 Å². The Morgan fingerprint density at radius 2 is 1.96 bits per heavy atom. The quantitative estimate of drug-likeness (QED) is 0.904. The Kier molecular flexibility index (Phi) is 5.52. The van der Waals surface area contributed by atoms with Gasteiger partial charge >= 0.3 is 6.61 Å². The van der Waals surface area contributed by atoms with Gasteiger partial charge < -0.3 is 15.0 Å². The van der Waals surface area contributed by atoms with Gasteiger partial charge in [-0.05, 0) is 37.5 Å². The lowest BCUT2D eigenvalue weighted by molar-refractivity contribution is -0.137. The van der Waals surface area contributed by atoms with Gasteiger partial charge in [-0.2, -0.15) is 8.78 Å². The topological polar surface area (TPSA) is 58.6 Å². The first-order valence-electron chi connectivity index (χ1n) is 7.51. The highest BCUT2D eigenvalue weighted by molar-refractivity contribution is 5.87. The van der Waals surface area contributed by atoms with Crippen LogP contribution in [0.5, 0.6) is 5.75 Å². The molecule has 23 heavy (non-hydrogen) atoms. The van der Waals surface area contributed by atoms with Gasteiger partial charge in [-0.15, -0.1) is 0 Å². The number of benzene rings is 1. The summed E-state index contributed by atoms with van der Waals surface area (Å²) >= 11 is 0. The van der Waals surface area contributed by atoms with Crippen molar-refractivity contribution < 1.29 is 23.1 Å². The molecular weight excluding hydrogens is 306 g/mol. The molecule has 1 fully saturated rings. The number of nitrogens with zero attached hydrogens (tertiary/aromatic N) is 1. The van der Waals surface area contributed by atoms with Crippen LogP contribution in [0.3, 0.4) is 0 Å². The van der Waals surface area contributed by atoms with Crippen molar-refractivity contribution in [3.8, 4) is 5.75 Å². The Bertz CT molecular complexity index is 563. The van der Waals surface area contributed by atoms with Gasteiger partial charge in [0.05, 0.1) is 6.04 Å². The molecule has 1 aliphatic heterocycles. The number of carbonyl (C=O) groups excluding carboxylic acids is 2. The third kappa shape index (κ3) is 4.40. The molecule has 1 aromatic rings. The lowest BCUT2D eigenvalue weighted by Crippen LogP contribution is -2.45. The first kappa shape index (κ1) is 17.2. The molecule has 1 heterocycles. The smallest absolute Gasteiger partial charge is 0.387 e. The zero-order valence-electron chi connectivity index (χ0n) is 13.1. The molecule has 1 aromatic carbocycles. The zero-order chi connectivity index (χ0) is 17.0. The summed E-state index contributed by atoms with van der Waals surface area (Å²) in [5.41, 5.74) is 0.771. The minimum Gasteiger partial charge on any atom is -0.435 e. The van der Waals surface area contributed by atoms with Gasteiger partial charge in [-0.1, -0.05) is 12.1 Å². The summed E-state index contributed by atoms with van der Waals surface area (Å²) in [5, 5.41) is 2.86. The van der Waals surface area contributed by atoms with Crippen molar-refractivity contribution in [2.24, 2.45) is 0 Å². The second-order valence-corrected chi connectivity index (χ2v) is 5.55. The summed E-state index contributed by atoms with van der Waals surface area (Å²) in [5.74, 6) is -0.234. The first-order chi connectivity index (χ1) is 10.9. The van der Waals surface area contributed by atoms with E-state index in [0.29, 0.717) is 13.0 Å². The summed E-state index contributed by atoms with van der Waals surface area (Å²) in [6.07, 6.45) is 1.46. The summed E-state index contributed by atoms with van der Waals surface area (Å²) in [4.78, 5) is 25.4. The van der Waals surface area contributed by atoms with E-state index in [1.807, 2.05) is 0 Å². The van der Waals surface area contributed by atoms with Crippen molar-refractivity contribution in [3.63, 3.8) is 0 Å². The van der Waals surface area contributed by atoms with E-state index in [-0.39, 0.29) is 23.6 Å². The molecule has 0 spiro atoms.